The quantitative estimate of drug-likeness (QED) is 0.629. The number of hydrogen-bond donors (Lipinski definition) is 2. The Morgan fingerprint density at radius 2 is 1.59 bits per heavy atom. The third-order valence-electron chi connectivity index (χ3n) is 4.04. The Balaban J connectivity index is 1.95. The van der Waals surface area contributed by atoms with Gasteiger partial charge in [0, 0.05) is 23.1 Å². The second-order valence-electron chi connectivity index (χ2n) is 5.89. The second-order valence-corrected chi connectivity index (χ2v) is 5.89. The van der Waals surface area contributed by atoms with Gasteiger partial charge in [0.05, 0.1) is 18.5 Å². The molecule has 0 aliphatic carbocycles. The summed E-state index contributed by atoms with van der Waals surface area (Å²) < 4.78 is 5.18. The van der Waals surface area contributed by atoms with Gasteiger partial charge < -0.3 is 14.9 Å². The van der Waals surface area contributed by atoms with E-state index in [1.165, 1.54) is 0 Å². The van der Waals surface area contributed by atoms with Crippen molar-refractivity contribution >= 4 is 23.3 Å². The smallest absolute Gasteiger partial charge is 0.124 e. The summed E-state index contributed by atoms with van der Waals surface area (Å²) in [5, 5.41) is 20.0. The lowest BCUT2D eigenvalue weighted by molar-refractivity contribution is 0.412. The van der Waals surface area contributed by atoms with E-state index in [1.54, 1.807) is 43.7 Å². The van der Waals surface area contributed by atoms with Crippen molar-refractivity contribution in [2.24, 2.45) is 9.98 Å². The van der Waals surface area contributed by atoms with Gasteiger partial charge in [0.2, 0.25) is 0 Å². The van der Waals surface area contributed by atoms with Crippen LogP contribution in [-0.4, -0.2) is 29.2 Å². The fourth-order valence-electron chi connectivity index (χ4n) is 2.59. The molecule has 0 saturated carbocycles. The molecule has 2 N–H and O–H groups in total. The first-order valence-electron chi connectivity index (χ1n) is 8.42. The number of nitrogens with zero attached hydrogens (tertiary/aromatic N) is 2. The Morgan fingerprint density at radius 1 is 0.889 bits per heavy atom. The molecule has 0 unspecified atom stereocenters. The van der Waals surface area contributed by atoms with Crippen LogP contribution >= 0.6 is 0 Å². The Hall–Kier alpha value is -3.60. The molecule has 136 valence electrons. The highest BCUT2D eigenvalue weighted by atomic mass is 16.5. The Morgan fingerprint density at radius 3 is 2.33 bits per heavy atom. The lowest BCUT2D eigenvalue weighted by atomic mass is 10.1. The third kappa shape index (κ3) is 4.33. The maximum absolute atomic E-state index is 10.0. The van der Waals surface area contributed by atoms with Crippen molar-refractivity contribution in [3.05, 3.63) is 77.9 Å². The molecule has 5 nitrogen and oxygen atoms in total. The molecule has 0 aromatic heterocycles. The van der Waals surface area contributed by atoms with E-state index >= 15 is 0 Å². The first kappa shape index (κ1) is 18.2. The van der Waals surface area contributed by atoms with Crippen LogP contribution in [0.5, 0.6) is 17.2 Å². The van der Waals surface area contributed by atoms with Crippen molar-refractivity contribution in [1.29, 1.82) is 0 Å². The SMILES string of the molecule is COc1ccc(O)c(C=Nc2ccccc2N=C(C)c2ccccc2O)c1. The molecule has 0 radical (unpaired) electrons. The number of para-hydroxylation sites is 3. The molecule has 0 amide bonds. The summed E-state index contributed by atoms with van der Waals surface area (Å²) in [5.74, 6) is 0.933. The number of hydrogen-bond acceptors (Lipinski definition) is 5. The van der Waals surface area contributed by atoms with E-state index in [0.29, 0.717) is 34.0 Å². The van der Waals surface area contributed by atoms with E-state index < -0.39 is 0 Å². The maximum atomic E-state index is 10.0. The topological polar surface area (TPSA) is 74.4 Å². The molecule has 0 aliphatic rings. The van der Waals surface area contributed by atoms with Crippen LogP contribution in [-0.2, 0) is 0 Å². The van der Waals surface area contributed by atoms with Crippen LogP contribution in [0.15, 0.2) is 76.7 Å². The normalized spacial score (nSPS) is 11.7. The van der Waals surface area contributed by atoms with Gasteiger partial charge in [0.25, 0.3) is 0 Å². The van der Waals surface area contributed by atoms with Crippen molar-refractivity contribution in [2.75, 3.05) is 7.11 Å². The fourth-order valence-corrected chi connectivity index (χ4v) is 2.59. The number of phenolic OH excluding ortho intramolecular Hbond substituents is 2. The van der Waals surface area contributed by atoms with Gasteiger partial charge in [0.1, 0.15) is 17.2 Å². The van der Waals surface area contributed by atoms with Crippen LogP contribution in [0.2, 0.25) is 0 Å². The zero-order valence-electron chi connectivity index (χ0n) is 15.1. The molecular weight excluding hydrogens is 340 g/mol. The Labute approximate surface area is 157 Å². The molecule has 3 aromatic carbocycles. The predicted octanol–water partition coefficient (Wildman–Crippen LogP) is 5.00. The zero-order chi connectivity index (χ0) is 19.2. The largest absolute Gasteiger partial charge is 0.507 e. The molecule has 3 aromatic rings. The summed E-state index contributed by atoms with van der Waals surface area (Å²) >= 11 is 0. The number of aliphatic imine (C=N–C) groups is 2. The van der Waals surface area contributed by atoms with Gasteiger partial charge in [0.15, 0.2) is 0 Å². The summed E-state index contributed by atoms with van der Waals surface area (Å²) in [6, 6.07) is 19.4. The minimum absolute atomic E-state index is 0.117. The first-order valence-corrected chi connectivity index (χ1v) is 8.42. The number of ether oxygens (including phenoxy) is 1. The van der Waals surface area contributed by atoms with Gasteiger partial charge in [-0.25, -0.2) is 0 Å². The van der Waals surface area contributed by atoms with Gasteiger partial charge in [-0.1, -0.05) is 24.3 Å². The molecule has 0 bridgehead atoms. The Bertz CT molecular complexity index is 1010. The minimum Gasteiger partial charge on any atom is -0.507 e. The highest BCUT2D eigenvalue weighted by Crippen LogP contribution is 2.30. The van der Waals surface area contributed by atoms with Gasteiger partial charge in [-0.2, -0.15) is 0 Å². The highest BCUT2D eigenvalue weighted by molar-refractivity contribution is 6.03. The van der Waals surface area contributed by atoms with Crippen LogP contribution in [0.1, 0.15) is 18.1 Å². The van der Waals surface area contributed by atoms with Crippen molar-refractivity contribution in [3.63, 3.8) is 0 Å². The van der Waals surface area contributed by atoms with Crippen molar-refractivity contribution in [3.8, 4) is 17.2 Å². The van der Waals surface area contributed by atoms with E-state index in [2.05, 4.69) is 9.98 Å². The summed E-state index contributed by atoms with van der Waals surface area (Å²) in [7, 11) is 1.57. The van der Waals surface area contributed by atoms with Gasteiger partial charge >= 0.3 is 0 Å². The molecular formula is C22H20N2O3. The van der Waals surface area contributed by atoms with Crippen molar-refractivity contribution in [1.82, 2.24) is 0 Å². The van der Waals surface area contributed by atoms with Gasteiger partial charge in [-0.3, -0.25) is 9.98 Å². The van der Waals surface area contributed by atoms with Crippen LogP contribution in [0.4, 0.5) is 11.4 Å². The Kier molecular flexibility index (Phi) is 5.52. The second kappa shape index (κ2) is 8.19. The summed E-state index contributed by atoms with van der Waals surface area (Å²) in [4.78, 5) is 9.09. The average Bonchev–Trinajstić information content (AvgIpc) is 2.68. The molecule has 0 saturated heterocycles. The lowest BCUT2D eigenvalue weighted by Gasteiger charge is -2.06. The number of phenols is 2. The summed E-state index contributed by atoms with van der Waals surface area (Å²) in [6.45, 7) is 1.84. The van der Waals surface area contributed by atoms with Crippen LogP contribution in [0.25, 0.3) is 0 Å². The molecule has 5 heteroatoms. The fraction of sp³-hybridized carbons (Fsp3) is 0.0909. The summed E-state index contributed by atoms with van der Waals surface area (Å²) in [6.07, 6.45) is 1.57. The van der Waals surface area contributed by atoms with E-state index in [0.717, 1.165) is 0 Å². The molecule has 27 heavy (non-hydrogen) atoms. The number of benzene rings is 3. The van der Waals surface area contributed by atoms with E-state index in [9.17, 15) is 10.2 Å². The van der Waals surface area contributed by atoms with Gasteiger partial charge in [-0.05, 0) is 49.4 Å². The lowest BCUT2D eigenvalue weighted by Crippen LogP contribution is -1.94. The predicted molar refractivity (Wildman–Crippen MR) is 108 cm³/mol. The van der Waals surface area contributed by atoms with Crippen molar-refractivity contribution < 1.29 is 14.9 Å². The zero-order valence-corrected chi connectivity index (χ0v) is 15.1. The van der Waals surface area contributed by atoms with E-state index in [-0.39, 0.29) is 11.5 Å². The summed E-state index contributed by atoms with van der Waals surface area (Å²) in [5.41, 5.74) is 3.21. The maximum Gasteiger partial charge on any atom is 0.124 e. The van der Waals surface area contributed by atoms with Crippen LogP contribution in [0, 0.1) is 0 Å². The molecule has 0 spiro atoms. The molecule has 0 fully saturated rings. The van der Waals surface area contributed by atoms with Crippen LogP contribution in [0.3, 0.4) is 0 Å². The minimum atomic E-state index is 0.117. The van der Waals surface area contributed by atoms with Crippen LogP contribution < -0.4 is 4.74 Å². The third-order valence-corrected chi connectivity index (χ3v) is 4.04. The number of aromatic hydroxyl groups is 2. The van der Waals surface area contributed by atoms with E-state index in [1.807, 2.05) is 43.3 Å². The monoisotopic (exact) mass is 360 g/mol. The molecule has 0 aliphatic heterocycles. The van der Waals surface area contributed by atoms with Crippen molar-refractivity contribution in [2.45, 2.75) is 6.92 Å². The van der Waals surface area contributed by atoms with E-state index in [4.69, 9.17) is 4.74 Å². The average molecular weight is 360 g/mol. The molecule has 0 atom stereocenters. The number of methoxy groups -OCH3 is 1. The van der Waals surface area contributed by atoms with Gasteiger partial charge in [-0.15, -0.1) is 0 Å². The highest BCUT2D eigenvalue weighted by Gasteiger charge is 2.06. The standard InChI is InChI=1S/C22H20N2O3/c1-15(18-7-3-6-10-22(18)26)24-20-9-5-4-8-19(20)23-14-16-13-17(27-2)11-12-21(16)25/h3-14,25-26H,1-2H3. The first-order chi connectivity index (χ1) is 13.1. The molecule has 0 heterocycles. The number of rotatable bonds is 5. The molecule has 3 rings (SSSR count).